The molecule has 2 unspecified atom stereocenters. The number of aliphatic hydroxyl groups is 1. The van der Waals surface area contributed by atoms with Gasteiger partial charge >= 0.3 is 12.3 Å². The quantitative estimate of drug-likeness (QED) is 0.826. The topological polar surface area (TPSA) is 73.6 Å². The van der Waals surface area contributed by atoms with Crippen LogP contribution in [0.1, 0.15) is 40.0 Å². The molecule has 1 aromatic heterocycles. The smallest absolute Gasteiger partial charge is 0.435 e. The molecule has 1 aliphatic rings. The highest BCUT2D eigenvalue weighted by atomic mass is 19.4. The molecule has 0 spiro atoms. The van der Waals surface area contributed by atoms with Gasteiger partial charge in [-0.2, -0.15) is 17.9 Å². The molecule has 6 nitrogen and oxygen atoms in total. The van der Waals surface area contributed by atoms with E-state index in [2.05, 4.69) is 5.10 Å². The first-order valence-corrected chi connectivity index (χ1v) is 7.62. The SMILES string of the molecule is CC(C)(C)OC(=O)n1ccc(OCCCC2(O)CC2C(F)(F)F)n1. The molecule has 9 heteroatoms. The van der Waals surface area contributed by atoms with Gasteiger partial charge in [0.1, 0.15) is 5.60 Å². The summed E-state index contributed by atoms with van der Waals surface area (Å²) in [7, 11) is 0. The molecular formula is C15H21F3N2O4. The molecule has 1 aromatic rings. The molecule has 0 bridgehead atoms. The Bertz CT molecular complexity index is 594. The van der Waals surface area contributed by atoms with Gasteiger partial charge in [-0.25, -0.2) is 4.79 Å². The van der Waals surface area contributed by atoms with Crippen LogP contribution < -0.4 is 4.74 Å². The Hall–Kier alpha value is -1.77. The molecule has 0 saturated heterocycles. The van der Waals surface area contributed by atoms with Gasteiger partial charge in [-0.05, 0) is 40.0 Å². The Morgan fingerprint density at radius 1 is 1.46 bits per heavy atom. The van der Waals surface area contributed by atoms with Crippen molar-refractivity contribution in [2.75, 3.05) is 6.61 Å². The van der Waals surface area contributed by atoms with Crippen LogP contribution in [-0.2, 0) is 4.74 Å². The van der Waals surface area contributed by atoms with E-state index in [0.717, 1.165) is 4.68 Å². The molecule has 1 aliphatic carbocycles. The van der Waals surface area contributed by atoms with Crippen molar-refractivity contribution in [2.45, 2.75) is 57.4 Å². The molecule has 2 atom stereocenters. The average Bonchev–Trinajstić information content (AvgIpc) is 2.90. The van der Waals surface area contributed by atoms with Crippen molar-refractivity contribution in [2.24, 2.45) is 5.92 Å². The third-order valence-corrected chi connectivity index (χ3v) is 3.59. The minimum absolute atomic E-state index is 0.00392. The first-order valence-electron chi connectivity index (χ1n) is 7.62. The largest absolute Gasteiger partial charge is 0.477 e. The maximum atomic E-state index is 12.5. The van der Waals surface area contributed by atoms with Gasteiger partial charge in [0.25, 0.3) is 0 Å². The number of hydrogen-bond donors (Lipinski definition) is 1. The number of ether oxygens (including phenoxy) is 2. The van der Waals surface area contributed by atoms with Crippen molar-refractivity contribution >= 4 is 6.09 Å². The Balaban J connectivity index is 1.74. The zero-order chi connectivity index (χ0) is 18.2. The van der Waals surface area contributed by atoms with Crippen molar-refractivity contribution in [1.82, 2.24) is 9.78 Å². The second-order valence-electron chi connectivity index (χ2n) is 6.93. The normalized spacial score (nSPS) is 23.9. The van der Waals surface area contributed by atoms with Gasteiger partial charge in [0.15, 0.2) is 0 Å². The first-order chi connectivity index (χ1) is 10.9. The van der Waals surface area contributed by atoms with Crippen molar-refractivity contribution in [3.63, 3.8) is 0 Å². The standard InChI is InChI=1S/C15H21F3N2O4/c1-13(2,3)24-12(21)20-7-5-11(19-20)23-8-4-6-14(22)9-10(14)15(16,17)18/h5,7,10,22H,4,6,8-9H2,1-3H3. The Morgan fingerprint density at radius 2 is 2.12 bits per heavy atom. The summed E-state index contributed by atoms with van der Waals surface area (Å²) in [5.41, 5.74) is -2.32. The van der Waals surface area contributed by atoms with E-state index in [1.807, 2.05) is 0 Å². The lowest BCUT2D eigenvalue weighted by atomic mass is 10.1. The van der Waals surface area contributed by atoms with E-state index in [-0.39, 0.29) is 31.7 Å². The molecular weight excluding hydrogens is 329 g/mol. The lowest BCUT2D eigenvalue weighted by Gasteiger charge is -2.18. The average molecular weight is 350 g/mol. The van der Waals surface area contributed by atoms with Crippen LogP contribution in [0, 0.1) is 5.92 Å². The molecule has 1 N–H and O–H groups in total. The van der Waals surface area contributed by atoms with E-state index in [0.29, 0.717) is 0 Å². The summed E-state index contributed by atoms with van der Waals surface area (Å²) in [4.78, 5) is 11.8. The van der Waals surface area contributed by atoms with Gasteiger partial charge in [0, 0.05) is 12.3 Å². The monoisotopic (exact) mass is 350 g/mol. The lowest BCUT2D eigenvalue weighted by molar-refractivity contribution is -0.163. The molecule has 2 rings (SSSR count). The summed E-state index contributed by atoms with van der Waals surface area (Å²) >= 11 is 0. The Kier molecular flexibility index (Phi) is 4.85. The van der Waals surface area contributed by atoms with Crippen LogP contribution in [0.5, 0.6) is 5.88 Å². The summed E-state index contributed by atoms with van der Waals surface area (Å²) in [5, 5.41) is 13.6. The number of hydrogen-bond acceptors (Lipinski definition) is 5. The lowest BCUT2D eigenvalue weighted by Crippen LogP contribution is -2.27. The van der Waals surface area contributed by atoms with Gasteiger partial charge in [-0.3, -0.25) is 0 Å². The molecule has 1 heterocycles. The summed E-state index contributed by atoms with van der Waals surface area (Å²) < 4.78 is 48.8. The van der Waals surface area contributed by atoms with Gasteiger partial charge < -0.3 is 14.6 Å². The molecule has 0 amide bonds. The molecule has 0 aliphatic heterocycles. The molecule has 24 heavy (non-hydrogen) atoms. The van der Waals surface area contributed by atoms with Crippen LogP contribution in [0.15, 0.2) is 12.3 Å². The Labute approximate surface area is 137 Å². The minimum Gasteiger partial charge on any atom is -0.477 e. The van der Waals surface area contributed by atoms with Gasteiger partial charge in [0.05, 0.1) is 18.1 Å². The van der Waals surface area contributed by atoms with Crippen molar-refractivity contribution in [3.05, 3.63) is 12.3 Å². The highest BCUT2D eigenvalue weighted by Gasteiger charge is 2.65. The van der Waals surface area contributed by atoms with E-state index >= 15 is 0 Å². The van der Waals surface area contributed by atoms with E-state index in [1.165, 1.54) is 12.3 Å². The van der Waals surface area contributed by atoms with E-state index < -0.39 is 29.4 Å². The predicted molar refractivity (Wildman–Crippen MR) is 77.7 cm³/mol. The summed E-state index contributed by atoms with van der Waals surface area (Å²) in [6.45, 7) is 5.27. The molecule has 0 radical (unpaired) electrons. The van der Waals surface area contributed by atoms with Crippen LogP contribution in [0.2, 0.25) is 0 Å². The van der Waals surface area contributed by atoms with E-state index in [9.17, 15) is 23.1 Å². The maximum Gasteiger partial charge on any atom is 0.435 e. The fourth-order valence-corrected chi connectivity index (χ4v) is 2.34. The number of carbonyl (C=O) groups excluding carboxylic acids is 1. The van der Waals surface area contributed by atoms with Gasteiger partial charge in [-0.1, -0.05) is 0 Å². The maximum absolute atomic E-state index is 12.5. The van der Waals surface area contributed by atoms with Gasteiger partial charge in [-0.15, -0.1) is 5.10 Å². The van der Waals surface area contributed by atoms with Crippen LogP contribution in [0.4, 0.5) is 18.0 Å². The third-order valence-electron chi connectivity index (χ3n) is 3.59. The van der Waals surface area contributed by atoms with Gasteiger partial charge in [0.2, 0.25) is 5.88 Å². The van der Waals surface area contributed by atoms with Crippen LogP contribution in [-0.4, -0.2) is 45.0 Å². The zero-order valence-corrected chi connectivity index (χ0v) is 13.8. The number of alkyl halides is 3. The number of nitrogens with zero attached hydrogens (tertiary/aromatic N) is 2. The Morgan fingerprint density at radius 3 is 2.67 bits per heavy atom. The number of carbonyl (C=O) groups is 1. The highest BCUT2D eigenvalue weighted by Crippen LogP contribution is 2.55. The van der Waals surface area contributed by atoms with E-state index in [4.69, 9.17) is 9.47 Å². The molecule has 1 fully saturated rings. The van der Waals surface area contributed by atoms with E-state index in [1.54, 1.807) is 20.8 Å². The van der Waals surface area contributed by atoms with Crippen molar-refractivity contribution < 1.29 is 32.5 Å². The molecule has 136 valence electrons. The number of aromatic nitrogens is 2. The second-order valence-corrected chi connectivity index (χ2v) is 6.93. The predicted octanol–water partition coefficient (Wildman–Crippen LogP) is 3.14. The zero-order valence-electron chi connectivity index (χ0n) is 13.8. The van der Waals surface area contributed by atoms with Crippen LogP contribution in [0.25, 0.3) is 0 Å². The van der Waals surface area contributed by atoms with Crippen LogP contribution in [0.3, 0.4) is 0 Å². The molecule has 1 saturated carbocycles. The summed E-state index contributed by atoms with van der Waals surface area (Å²) in [6.07, 6.45) is -3.65. The minimum atomic E-state index is -4.36. The van der Waals surface area contributed by atoms with Crippen LogP contribution >= 0.6 is 0 Å². The fraction of sp³-hybridized carbons (Fsp3) is 0.733. The fourth-order valence-electron chi connectivity index (χ4n) is 2.34. The summed E-state index contributed by atoms with van der Waals surface area (Å²) in [6, 6.07) is 1.45. The number of halogens is 3. The first kappa shape index (κ1) is 18.6. The van der Waals surface area contributed by atoms with Crippen molar-refractivity contribution in [3.8, 4) is 5.88 Å². The number of rotatable bonds is 5. The third kappa shape index (κ3) is 4.86. The molecule has 0 aromatic carbocycles. The second kappa shape index (κ2) is 6.27. The van der Waals surface area contributed by atoms with Crippen molar-refractivity contribution in [1.29, 1.82) is 0 Å². The summed E-state index contributed by atoms with van der Waals surface area (Å²) in [5.74, 6) is -1.48. The highest BCUT2D eigenvalue weighted by molar-refractivity contribution is 5.69.